The number of hydrogen-bond acceptors (Lipinski definition) is 4. The average molecular weight is 277 g/mol. The molecule has 0 aromatic heterocycles. The quantitative estimate of drug-likeness (QED) is 0.420. The molecule has 2 rings (SSSR count). The Morgan fingerprint density at radius 3 is 2.70 bits per heavy atom. The number of nitrogens with two attached hydrogens (primary N) is 1. The van der Waals surface area contributed by atoms with Gasteiger partial charge < -0.3 is 4.74 Å². The van der Waals surface area contributed by atoms with E-state index in [0.717, 1.165) is 12.1 Å². The van der Waals surface area contributed by atoms with Crippen LogP contribution in [-0.4, -0.2) is 43.7 Å². The van der Waals surface area contributed by atoms with E-state index < -0.39 is 0 Å². The fraction of sp³-hybridized carbons (Fsp3) is 0.533. The van der Waals surface area contributed by atoms with E-state index in [2.05, 4.69) is 10.3 Å². The predicted molar refractivity (Wildman–Crippen MR) is 78.0 cm³/mol. The fourth-order valence-electron chi connectivity index (χ4n) is 2.43. The standard InChI is InChI=1S/C15H23N3O2/c1-20-10-9-18(13-7-8-13)11-14(15(19)17-16)12-5-3-2-4-6-12/h2-6,13-14H,7-11,16H2,1H3,(H,17,19). The van der Waals surface area contributed by atoms with Crippen LogP contribution < -0.4 is 11.3 Å². The van der Waals surface area contributed by atoms with Crippen LogP contribution in [0.25, 0.3) is 0 Å². The molecule has 5 nitrogen and oxygen atoms in total. The summed E-state index contributed by atoms with van der Waals surface area (Å²) in [6, 6.07) is 10.4. The summed E-state index contributed by atoms with van der Waals surface area (Å²) in [6.07, 6.45) is 2.41. The number of nitrogens with zero attached hydrogens (tertiary/aromatic N) is 1. The Morgan fingerprint density at radius 1 is 1.45 bits per heavy atom. The highest BCUT2D eigenvalue weighted by Crippen LogP contribution is 2.29. The number of nitrogens with one attached hydrogen (secondary N) is 1. The Hall–Kier alpha value is -1.43. The molecule has 5 heteroatoms. The van der Waals surface area contributed by atoms with E-state index in [1.807, 2.05) is 30.3 Å². The zero-order chi connectivity index (χ0) is 14.4. The normalized spacial score (nSPS) is 16.1. The summed E-state index contributed by atoms with van der Waals surface area (Å²) in [7, 11) is 1.70. The van der Waals surface area contributed by atoms with Crippen LogP contribution in [0.3, 0.4) is 0 Å². The summed E-state index contributed by atoms with van der Waals surface area (Å²) >= 11 is 0. The van der Waals surface area contributed by atoms with Crippen molar-refractivity contribution in [2.45, 2.75) is 24.8 Å². The van der Waals surface area contributed by atoms with Gasteiger partial charge in [-0.05, 0) is 18.4 Å². The monoisotopic (exact) mass is 277 g/mol. The lowest BCUT2D eigenvalue weighted by molar-refractivity contribution is -0.123. The van der Waals surface area contributed by atoms with Gasteiger partial charge in [-0.25, -0.2) is 5.84 Å². The van der Waals surface area contributed by atoms with Crippen molar-refractivity contribution in [3.05, 3.63) is 35.9 Å². The second-order valence-electron chi connectivity index (χ2n) is 5.19. The van der Waals surface area contributed by atoms with Gasteiger partial charge in [-0.3, -0.25) is 15.1 Å². The van der Waals surface area contributed by atoms with Crippen molar-refractivity contribution in [1.29, 1.82) is 0 Å². The third kappa shape index (κ3) is 4.03. The van der Waals surface area contributed by atoms with Crippen molar-refractivity contribution in [3.8, 4) is 0 Å². The predicted octanol–water partition coefficient (Wildman–Crippen LogP) is 0.871. The van der Waals surface area contributed by atoms with E-state index >= 15 is 0 Å². The van der Waals surface area contributed by atoms with E-state index in [1.54, 1.807) is 7.11 Å². The average Bonchev–Trinajstić information content (AvgIpc) is 3.32. The lowest BCUT2D eigenvalue weighted by Crippen LogP contribution is -2.42. The molecule has 1 aliphatic rings. The summed E-state index contributed by atoms with van der Waals surface area (Å²) in [5.41, 5.74) is 3.29. The van der Waals surface area contributed by atoms with Gasteiger partial charge in [0, 0.05) is 26.2 Å². The van der Waals surface area contributed by atoms with E-state index in [9.17, 15) is 4.79 Å². The molecule has 0 spiro atoms. The van der Waals surface area contributed by atoms with Gasteiger partial charge in [-0.2, -0.15) is 0 Å². The molecule has 0 saturated heterocycles. The summed E-state index contributed by atoms with van der Waals surface area (Å²) in [4.78, 5) is 14.4. The minimum atomic E-state index is -0.237. The molecule has 110 valence electrons. The maximum atomic E-state index is 12.1. The van der Waals surface area contributed by atoms with Crippen LogP contribution in [0, 0.1) is 0 Å². The Morgan fingerprint density at radius 2 is 2.15 bits per heavy atom. The van der Waals surface area contributed by atoms with Crippen molar-refractivity contribution < 1.29 is 9.53 Å². The van der Waals surface area contributed by atoms with Gasteiger partial charge in [0.1, 0.15) is 0 Å². The minimum Gasteiger partial charge on any atom is -0.383 e. The van der Waals surface area contributed by atoms with Crippen molar-refractivity contribution in [1.82, 2.24) is 10.3 Å². The Bertz CT molecular complexity index is 420. The molecule has 1 saturated carbocycles. The second-order valence-corrected chi connectivity index (χ2v) is 5.19. The largest absolute Gasteiger partial charge is 0.383 e. The summed E-state index contributed by atoms with van der Waals surface area (Å²) in [5, 5.41) is 0. The minimum absolute atomic E-state index is 0.140. The Labute approximate surface area is 120 Å². The SMILES string of the molecule is COCCN(CC(C(=O)NN)c1ccccc1)C1CC1. The van der Waals surface area contributed by atoms with Gasteiger partial charge in [-0.1, -0.05) is 30.3 Å². The first kappa shape index (κ1) is 15.0. The number of rotatable bonds is 8. The summed E-state index contributed by atoms with van der Waals surface area (Å²) in [6.45, 7) is 2.21. The van der Waals surface area contributed by atoms with E-state index in [-0.39, 0.29) is 11.8 Å². The van der Waals surface area contributed by atoms with Crippen LogP contribution >= 0.6 is 0 Å². The molecule has 1 fully saturated rings. The molecular weight excluding hydrogens is 254 g/mol. The third-order valence-corrected chi connectivity index (χ3v) is 3.72. The third-order valence-electron chi connectivity index (χ3n) is 3.72. The molecule has 1 aromatic rings. The molecule has 0 radical (unpaired) electrons. The summed E-state index contributed by atoms with van der Waals surface area (Å²) in [5.74, 6) is 4.96. The van der Waals surface area contributed by atoms with Gasteiger partial charge >= 0.3 is 0 Å². The van der Waals surface area contributed by atoms with Crippen LogP contribution in [-0.2, 0) is 9.53 Å². The molecule has 1 unspecified atom stereocenters. The zero-order valence-electron chi connectivity index (χ0n) is 11.9. The first-order valence-electron chi connectivity index (χ1n) is 7.04. The number of benzene rings is 1. The number of carbonyl (C=O) groups excluding carboxylic acids is 1. The molecule has 1 amide bonds. The number of hydrogen-bond donors (Lipinski definition) is 2. The lowest BCUT2D eigenvalue weighted by atomic mass is 9.97. The Balaban J connectivity index is 2.08. The van der Waals surface area contributed by atoms with Crippen molar-refractivity contribution in [2.75, 3.05) is 26.8 Å². The van der Waals surface area contributed by atoms with Gasteiger partial charge in [-0.15, -0.1) is 0 Å². The van der Waals surface area contributed by atoms with E-state index in [4.69, 9.17) is 10.6 Å². The molecule has 0 bridgehead atoms. The van der Waals surface area contributed by atoms with Gasteiger partial charge in [0.2, 0.25) is 5.91 Å². The fourth-order valence-corrected chi connectivity index (χ4v) is 2.43. The van der Waals surface area contributed by atoms with Crippen LogP contribution in [0.5, 0.6) is 0 Å². The van der Waals surface area contributed by atoms with E-state index in [1.165, 1.54) is 12.8 Å². The molecular formula is C15H23N3O2. The van der Waals surface area contributed by atoms with Crippen LogP contribution in [0.4, 0.5) is 0 Å². The summed E-state index contributed by atoms with van der Waals surface area (Å²) < 4.78 is 5.16. The number of hydrazine groups is 1. The van der Waals surface area contributed by atoms with Crippen LogP contribution in [0.2, 0.25) is 0 Å². The van der Waals surface area contributed by atoms with Crippen molar-refractivity contribution in [3.63, 3.8) is 0 Å². The highest BCUT2D eigenvalue weighted by molar-refractivity contribution is 5.83. The molecule has 0 heterocycles. The number of amides is 1. The highest BCUT2D eigenvalue weighted by atomic mass is 16.5. The number of carbonyl (C=O) groups is 1. The van der Waals surface area contributed by atoms with Crippen LogP contribution in [0.1, 0.15) is 24.3 Å². The van der Waals surface area contributed by atoms with Gasteiger partial charge in [0.15, 0.2) is 0 Å². The van der Waals surface area contributed by atoms with Crippen molar-refractivity contribution >= 4 is 5.91 Å². The zero-order valence-corrected chi connectivity index (χ0v) is 11.9. The van der Waals surface area contributed by atoms with Crippen LogP contribution in [0.15, 0.2) is 30.3 Å². The second kappa shape index (κ2) is 7.38. The van der Waals surface area contributed by atoms with E-state index in [0.29, 0.717) is 19.2 Å². The number of ether oxygens (including phenoxy) is 1. The number of methoxy groups -OCH3 is 1. The smallest absolute Gasteiger partial charge is 0.242 e. The Kier molecular flexibility index (Phi) is 5.52. The lowest BCUT2D eigenvalue weighted by Gasteiger charge is -2.26. The first-order chi connectivity index (χ1) is 9.76. The molecule has 1 aromatic carbocycles. The van der Waals surface area contributed by atoms with Crippen molar-refractivity contribution in [2.24, 2.45) is 5.84 Å². The maximum absolute atomic E-state index is 12.1. The van der Waals surface area contributed by atoms with Gasteiger partial charge in [0.05, 0.1) is 12.5 Å². The molecule has 1 atom stereocenters. The molecule has 20 heavy (non-hydrogen) atoms. The highest BCUT2D eigenvalue weighted by Gasteiger charge is 2.32. The topological polar surface area (TPSA) is 67.6 Å². The van der Waals surface area contributed by atoms with Gasteiger partial charge in [0.25, 0.3) is 0 Å². The molecule has 0 aliphatic heterocycles. The molecule has 3 N–H and O–H groups in total. The maximum Gasteiger partial charge on any atom is 0.242 e. The molecule has 1 aliphatic carbocycles. The first-order valence-corrected chi connectivity index (χ1v) is 7.04.